The van der Waals surface area contributed by atoms with Crippen molar-refractivity contribution in [1.82, 2.24) is 4.98 Å². The van der Waals surface area contributed by atoms with Crippen LogP contribution in [0.25, 0.3) is 0 Å². The molecule has 0 aliphatic rings. The van der Waals surface area contributed by atoms with Gasteiger partial charge in [0, 0.05) is 0 Å². The maximum atomic E-state index is 11.4. The molecule has 0 aliphatic heterocycles. The van der Waals surface area contributed by atoms with Gasteiger partial charge in [0.15, 0.2) is 0 Å². The van der Waals surface area contributed by atoms with Crippen LogP contribution < -0.4 is 0 Å². The minimum absolute atomic E-state index is 0.0762. The molecular weight excluding hydrogens is 222 g/mol. The summed E-state index contributed by atoms with van der Waals surface area (Å²) in [6, 6.07) is 3.11. The van der Waals surface area contributed by atoms with Crippen molar-refractivity contribution in [1.29, 1.82) is 0 Å². The van der Waals surface area contributed by atoms with E-state index in [2.05, 4.69) is 21.0 Å². The second-order valence-corrected chi connectivity index (χ2v) is 3.22. The molecule has 0 radical (unpaired) electrons. The van der Waals surface area contributed by atoms with E-state index in [4.69, 9.17) is 0 Å². The van der Waals surface area contributed by atoms with Crippen LogP contribution in [0.3, 0.4) is 0 Å². The molecule has 0 unspecified atom stereocenters. The summed E-state index contributed by atoms with van der Waals surface area (Å²) in [6.07, 6.45) is 2.19. The van der Waals surface area contributed by atoms with Crippen molar-refractivity contribution in [3.8, 4) is 0 Å². The molecule has 0 fully saturated rings. The van der Waals surface area contributed by atoms with Crippen molar-refractivity contribution in [2.45, 2.75) is 6.42 Å². The number of hydrogen-bond donors (Lipinski definition) is 0. The molecular formula is C12H13NO4. The highest BCUT2D eigenvalue weighted by atomic mass is 16.5. The quantitative estimate of drug-likeness (QED) is 0.582. The van der Waals surface area contributed by atoms with Crippen molar-refractivity contribution >= 4 is 11.9 Å². The first kappa shape index (κ1) is 12.9. The monoisotopic (exact) mass is 235 g/mol. The fraction of sp³-hybridized carbons (Fsp3) is 0.250. The molecule has 0 aromatic carbocycles. The van der Waals surface area contributed by atoms with Gasteiger partial charge in [-0.25, -0.2) is 14.6 Å². The molecule has 0 saturated heterocycles. The Hall–Kier alpha value is -2.17. The number of hydrogen-bond acceptors (Lipinski definition) is 5. The summed E-state index contributed by atoms with van der Waals surface area (Å²) >= 11 is 0. The largest absolute Gasteiger partial charge is 0.464 e. The van der Waals surface area contributed by atoms with Crippen LogP contribution in [-0.2, 0) is 15.9 Å². The number of rotatable bonds is 4. The molecule has 0 N–H and O–H groups in total. The Bertz CT molecular complexity index is 420. The fourth-order valence-electron chi connectivity index (χ4n) is 1.29. The van der Waals surface area contributed by atoms with Crippen LogP contribution in [0, 0.1) is 0 Å². The van der Waals surface area contributed by atoms with Gasteiger partial charge in [-0.05, 0) is 24.1 Å². The van der Waals surface area contributed by atoms with Crippen molar-refractivity contribution in [2.75, 3.05) is 14.2 Å². The predicted octanol–water partition coefficient (Wildman–Crippen LogP) is 1.38. The summed E-state index contributed by atoms with van der Waals surface area (Å²) in [5.41, 5.74) is 0.898. The van der Waals surface area contributed by atoms with Crippen LogP contribution in [0.15, 0.2) is 24.8 Å². The molecule has 17 heavy (non-hydrogen) atoms. The second-order valence-electron chi connectivity index (χ2n) is 3.22. The summed E-state index contributed by atoms with van der Waals surface area (Å²) in [5, 5.41) is 0. The number of pyridine rings is 1. The van der Waals surface area contributed by atoms with Crippen LogP contribution in [-0.4, -0.2) is 31.1 Å². The van der Waals surface area contributed by atoms with Gasteiger partial charge in [0.25, 0.3) is 0 Å². The summed E-state index contributed by atoms with van der Waals surface area (Å²) in [5.74, 6) is -1.19. The number of carbonyl (C=O) groups excluding carboxylic acids is 2. The summed E-state index contributed by atoms with van der Waals surface area (Å²) in [6.45, 7) is 3.59. The zero-order valence-corrected chi connectivity index (χ0v) is 9.73. The summed E-state index contributed by atoms with van der Waals surface area (Å²) in [4.78, 5) is 26.6. The van der Waals surface area contributed by atoms with Gasteiger partial charge in [-0.1, -0.05) is 6.08 Å². The minimum Gasteiger partial charge on any atom is -0.464 e. The van der Waals surface area contributed by atoms with Gasteiger partial charge in [0.2, 0.25) is 0 Å². The van der Waals surface area contributed by atoms with Crippen LogP contribution >= 0.6 is 0 Å². The lowest BCUT2D eigenvalue weighted by Gasteiger charge is -2.05. The molecule has 0 spiro atoms. The molecule has 0 amide bonds. The first-order valence-corrected chi connectivity index (χ1v) is 4.90. The van der Waals surface area contributed by atoms with E-state index in [0.29, 0.717) is 6.42 Å². The molecule has 1 aromatic heterocycles. The Kier molecular flexibility index (Phi) is 4.39. The lowest BCUT2D eigenvalue weighted by atomic mass is 10.1. The van der Waals surface area contributed by atoms with Crippen LogP contribution in [0.4, 0.5) is 0 Å². The topological polar surface area (TPSA) is 65.5 Å². The van der Waals surface area contributed by atoms with E-state index in [0.717, 1.165) is 5.56 Å². The van der Waals surface area contributed by atoms with E-state index >= 15 is 0 Å². The lowest BCUT2D eigenvalue weighted by Crippen LogP contribution is -2.11. The molecule has 0 saturated carbocycles. The van der Waals surface area contributed by atoms with Gasteiger partial charge >= 0.3 is 11.9 Å². The van der Waals surface area contributed by atoms with Crippen LogP contribution in [0.5, 0.6) is 0 Å². The number of ether oxygens (including phenoxy) is 2. The van der Waals surface area contributed by atoms with Crippen molar-refractivity contribution < 1.29 is 19.1 Å². The molecule has 5 nitrogen and oxygen atoms in total. The smallest absolute Gasteiger partial charge is 0.356 e. The zero-order chi connectivity index (χ0) is 12.8. The zero-order valence-electron chi connectivity index (χ0n) is 9.73. The van der Waals surface area contributed by atoms with Crippen LogP contribution in [0.2, 0.25) is 0 Å². The number of carbonyl (C=O) groups is 2. The van der Waals surface area contributed by atoms with E-state index in [9.17, 15) is 9.59 Å². The first-order valence-electron chi connectivity index (χ1n) is 4.90. The number of esters is 2. The highest BCUT2D eigenvalue weighted by molar-refractivity contribution is 5.91. The Morgan fingerprint density at radius 3 is 2.06 bits per heavy atom. The molecule has 1 aromatic rings. The first-order chi connectivity index (χ1) is 8.12. The maximum absolute atomic E-state index is 11.4. The number of aromatic nitrogens is 1. The Morgan fingerprint density at radius 2 is 1.71 bits per heavy atom. The molecule has 1 heterocycles. The minimum atomic E-state index is -0.596. The molecule has 5 heteroatoms. The van der Waals surface area contributed by atoms with Crippen molar-refractivity contribution in [3.05, 3.63) is 41.7 Å². The molecule has 90 valence electrons. The Labute approximate surface area is 99.1 Å². The lowest BCUT2D eigenvalue weighted by molar-refractivity contribution is 0.0585. The third kappa shape index (κ3) is 3.14. The van der Waals surface area contributed by atoms with E-state index < -0.39 is 11.9 Å². The Morgan fingerprint density at radius 1 is 1.24 bits per heavy atom. The van der Waals surface area contributed by atoms with Crippen molar-refractivity contribution in [2.24, 2.45) is 0 Å². The van der Waals surface area contributed by atoms with Crippen molar-refractivity contribution in [3.63, 3.8) is 0 Å². The van der Waals surface area contributed by atoms with Gasteiger partial charge < -0.3 is 9.47 Å². The molecule has 1 rings (SSSR count). The summed E-state index contributed by atoms with van der Waals surface area (Å²) < 4.78 is 9.12. The van der Waals surface area contributed by atoms with Gasteiger partial charge in [0.05, 0.1) is 14.2 Å². The molecule has 0 atom stereocenters. The number of methoxy groups -OCH3 is 2. The van der Waals surface area contributed by atoms with Crippen LogP contribution in [0.1, 0.15) is 26.5 Å². The van der Waals surface area contributed by atoms with Gasteiger partial charge in [-0.3, -0.25) is 0 Å². The van der Waals surface area contributed by atoms with E-state index in [1.807, 2.05) is 0 Å². The summed E-state index contributed by atoms with van der Waals surface area (Å²) in [7, 11) is 2.50. The standard InChI is InChI=1S/C12H13NO4/c1-4-5-8-6-9(11(14)16-2)13-10(7-8)12(15)17-3/h4,6-7H,1,5H2,2-3H3. The normalized spacial score (nSPS) is 9.53. The number of nitrogens with zero attached hydrogens (tertiary/aromatic N) is 1. The third-order valence-corrected chi connectivity index (χ3v) is 2.05. The number of allylic oxidation sites excluding steroid dienone is 1. The highest BCUT2D eigenvalue weighted by Gasteiger charge is 2.14. The third-order valence-electron chi connectivity index (χ3n) is 2.05. The molecule has 0 aliphatic carbocycles. The fourth-order valence-corrected chi connectivity index (χ4v) is 1.29. The van der Waals surface area contributed by atoms with E-state index in [-0.39, 0.29) is 11.4 Å². The average Bonchev–Trinajstić information content (AvgIpc) is 2.36. The van der Waals surface area contributed by atoms with E-state index in [1.165, 1.54) is 14.2 Å². The van der Waals surface area contributed by atoms with Gasteiger partial charge in [-0.2, -0.15) is 0 Å². The SMILES string of the molecule is C=CCc1cc(C(=O)OC)nc(C(=O)OC)c1. The second kappa shape index (κ2) is 5.79. The van der Waals surface area contributed by atoms with E-state index in [1.54, 1.807) is 18.2 Å². The predicted molar refractivity (Wildman–Crippen MR) is 60.8 cm³/mol. The maximum Gasteiger partial charge on any atom is 0.356 e. The highest BCUT2D eigenvalue weighted by Crippen LogP contribution is 2.09. The van der Waals surface area contributed by atoms with Gasteiger partial charge in [0.1, 0.15) is 11.4 Å². The average molecular weight is 235 g/mol. The Balaban J connectivity index is 3.22. The molecule has 0 bridgehead atoms. The van der Waals surface area contributed by atoms with Gasteiger partial charge in [-0.15, -0.1) is 6.58 Å².